The molecule has 0 atom stereocenters. The first-order valence-electron chi connectivity index (χ1n) is 8.76. The lowest BCUT2D eigenvalue weighted by molar-refractivity contribution is 0.0946. The highest BCUT2D eigenvalue weighted by atomic mass is 16.5. The molecular formula is C22H23N3O2. The molecule has 138 valence electrons. The van der Waals surface area contributed by atoms with Gasteiger partial charge in [-0.1, -0.05) is 35.9 Å². The summed E-state index contributed by atoms with van der Waals surface area (Å²) in [6.45, 7) is 4.51. The van der Waals surface area contributed by atoms with E-state index >= 15 is 0 Å². The van der Waals surface area contributed by atoms with Crippen molar-refractivity contribution in [2.24, 2.45) is 0 Å². The van der Waals surface area contributed by atoms with Crippen molar-refractivity contribution in [1.82, 2.24) is 10.3 Å². The number of nitrogens with zero attached hydrogens (tertiary/aromatic N) is 1. The van der Waals surface area contributed by atoms with Gasteiger partial charge in [0.2, 0.25) is 0 Å². The van der Waals surface area contributed by atoms with Gasteiger partial charge in [0.25, 0.3) is 5.91 Å². The minimum atomic E-state index is -0.213. The van der Waals surface area contributed by atoms with Crippen LogP contribution in [0.5, 0.6) is 5.75 Å². The summed E-state index contributed by atoms with van der Waals surface area (Å²) < 4.78 is 5.39. The minimum Gasteiger partial charge on any atom is -0.495 e. The van der Waals surface area contributed by atoms with Crippen LogP contribution in [0.15, 0.2) is 60.8 Å². The lowest BCUT2D eigenvalue weighted by Gasteiger charge is -2.12. The van der Waals surface area contributed by atoms with Crippen molar-refractivity contribution in [1.29, 1.82) is 0 Å². The minimum absolute atomic E-state index is 0.213. The maximum Gasteiger partial charge on any atom is 0.270 e. The van der Waals surface area contributed by atoms with Gasteiger partial charge >= 0.3 is 0 Å². The summed E-state index contributed by atoms with van der Waals surface area (Å²) in [5, 5.41) is 6.20. The second-order valence-corrected chi connectivity index (χ2v) is 6.43. The van der Waals surface area contributed by atoms with Gasteiger partial charge < -0.3 is 15.4 Å². The van der Waals surface area contributed by atoms with Gasteiger partial charge in [-0.15, -0.1) is 0 Å². The predicted molar refractivity (Wildman–Crippen MR) is 108 cm³/mol. The number of ether oxygens (including phenoxy) is 1. The fraction of sp³-hybridized carbons (Fsp3) is 0.182. The number of anilines is 2. The van der Waals surface area contributed by atoms with E-state index in [-0.39, 0.29) is 5.91 Å². The fourth-order valence-electron chi connectivity index (χ4n) is 2.69. The number of hydrogen-bond donors (Lipinski definition) is 2. The average Bonchev–Trinajstić information content (AvgIpc) is 2.68. The Labute approximate surface area is 159 Å². The molecule has 0 fully saturated rings. The molecule has 3 aromatic rings. The van der Waals surface area contributed by atoms with Crippen LogP contribution in [0.1, 0.15) is 27.2 Å². The number of hydrogen-bond acceptors (Lipinski definition) is 4. The molecule has 0 bridgehead atoms. The zero-order valence-electron chi connectivity index (χ0n) is 15.7. The second-order valence-electron chi connectivity index (χ2n) is 6.43. The summed E-state index contributed by atoms with van der Waals surface area (Å²) in [5.41, 5.74) is 5.33. The molecule has 0 aliphatic rings. The number of carbonyl (C=O) groups is 1. The first-order chi connectivity index (χ1) is 13.0. The van der Waals surface area contributed by atoms with Gasteiger partial charge in [-0.25, -0.2) is 0 Å². The van der Waals surface area contributed by atoms with Crippen LogP contribution in [-0.2, 0) is 6.54 Å². The molecule has 0 radical (unpaired) electrons. The summed E-state index contributed by atoms with van der Waals surface area (Å²) in [6.07, 6.45) is 1.62. The highest BCUT2D eigenvalue weighted by Crippen LogP contribution is 2.28. The van der Waals surface area contributed by atoms with Crippen molar-refractivity contribution < 1.29 is 9.53 Å². The Morgan fingerprint density at radius 2 is 1.74 bits per heavy atom. The van der Waals surface area contributed by atoms with E-state index in [1.807, 2.05) is 62.4 Å². The highest BCUT2D eigenvalue weighted by Gasteiger charge is 2.09. The standard InChI is InChI=1S/C22H23N3O2/c1-15-4-7-17(8-5-15)14-24-22(26)20-13-18(10-11-23-20)25-19-12-16(2)6-9-21(19)27-3/h4-13H,14H2,1-3H3,(H,23,25)(H,24,26). The van der Waals surface area contributed by atoms with Crippen molar-refractivity contribution in [3.8, 4) is 5.75 Å². The van der Waals surface area contributed by atoms with Gasteiger partial charge in [-0.05, 0) is 49.2 Å². The number of benzene rings is 2. The van der Waals surface area contributed by atoms with E-state index in [1.165, 1.54) is 5.56 Å². The zero-order valence-corrected chi connectivity index (χ0v) is 15.7. The van der Waals surface area contributed by atoms with Crippen molar-refractivity contribution in [3.63, 3.8) is 0 Å². The van der Waals surface area contributed by atoms with Gasteiger partial charge in [-0.3, -0.25) is 9.78 Å². The van der Waals surface area contributed by atoms with Crippen molar-refractivity contribution in [3.05, 3.63) is 83.2 Å². The maximum atomic E-state index is 12.4. The Kier molecular flexibility index (Phi) is 5.71. The monoisotopic (exact) mass is 361 g/mol. The number of rotatable bonds is 6. The van der Waals surface area contributed by atoms with E-state index in [9.17, 15) is 4.79 Å². The van der Waals surface area contributed by atoms with E-state index in [2.05, 4.69) is 15.6 Å². The summed E-state index contributed by atoms with van der Waals surface area (Å²) in [4.78, 5) is 16.6. The molecular weight excluding hydrogens is 338 g/mol. The molecule has 1 aromatic heterocycles. The average molecular weight is 361 g/mol. The van der Waals surface area contributed by atoms with Gasteiger partial charge in [0.05, 0.1) is 12.8 Å². The molecule has 0 unspecified atom stereocenters. The smallest absolute Gasteiger partial charge is 0.270 e. The van der Waals surface area contributed by atoms with Crippen molar-refractivity contribution in [2.45, 2.75) is 20.4 Å². The van der Waals surface area contributed by atoms with Gasteiger partial charge in [0, 0.05) is 18.4 Å². The summed E-state index contributed by atoms with van der Waals surface area (Å²) in [7, 11) is 1.63. The molecule has 0 saturated carbocycles. The maximum absolute atomic E-state index is 12.4. The summed E-state index contributed by atoms with van der Waals surface area (Å²) >= 11 is 0. The molecule has 1 amide bonds. The Bertz CT molecular complexity index is 937. The van der Waals surface area contributed by atoms with E-state index < -0.39 is 0 Å². The molecule has 0 saturated heterocycles. The predicted octanol–water partition coefficient (Wildman–Crippen LogP) is 4.38. The van der Waals surface area contributed by atoms with Crippen LogP contribution in [0.3, 0.4) is 0 Å². The third-order valence-corrected chi connectivity index (χ3v) is 4.20. The number of aryl methyl sites for hydroxylation is 2. The quantitative estimate of drug-likeness (QED) is 0.684. The van der Waals surface area contributed by atoms with Crippen LogP contribution in [-0.4, -0.2) is 18.0 Å². The number of nitrogens with one attached hydrogen (secondary N) is 2. The van der Waals surface area contributed by atoms with Crippen molar-refractivity contribution >= 4 is 17.3 Å². The van der Waals surface area contributed by atoms with E-state index in [0.717, 1.165) is 28.3 Å². The van der Waals surface area contributed by atoms with Crippen LogP contribution in [0, 0.1) is 13.8 Å². The van der Waals surface area contributed by atoms with E-state index in [0.29, 0.717) is 12.2 Å². The molecule has 0 aliphatic carbocycles. The third kappa shape index (κ3) is 4.85. The van der Waals surface area contributed by atoms with E-state index in [1.54, 1.807) is 19.4 Å². The summed E-state index contributed by atoms with van der Waals surface area (Å²) in [5.74, 6) is 0.526. The van der Waals surface area contributed by atoms with Crippen LogP contribution < -0.4 is 15.4 Å². The molecule has 0 spiro atoms. The largest absolute Gasteiger partial charge is 0.495 e. The van der Waals surface area contributed by atoms with Gasteiger partial charge in [0.1, 0.15) is 11.4 Å². The van der Waals surface area contributed by atoms with E-state index in [4.69, 9.17) is 4.74 Å². The molecule has 27 heavy (non-hydrogen) atoms. The fourth-order valence-corrected chi connectivity index (χ4v) is 2.69. The number of amides is 1. The number of aromatic nitrogens is 1. The number of methoxy groups -OCH3 is 1. The SMILES string of the molecule is COc1ccc(C)cc1Nc1ccnc(C(=O)NCc2ccc(C)cc2)c1. The zero-order chi connectivity index (χ0) is 19.2. The van der Waals surface area contributed by atoms with Gasteiger partial charge in [0.15, 0.2) is 0 Å². The second kappa shape index (κ2) is 8.36. The first-order valence-corrected chi connectivity index (χ1v) is 8.76. The number of pyridine rings is 1. The third-order valence-electron chi connectivity index (χ3n) is 4.20. The Balaban J connectivity index is 1.70. The molecule has 2 N–H and O–H groups in total. The Morgan fingerprint density at radius 3 is 2.48 bits per heavy atom. The highest BCUT2D eigenvalue weighted by molar-refractivity contribution is 5.93. The van der Waals surface area contributed by atoms with Crippen molar-refractivity contribution in [2.75, 3.05) is 12.4 Å². The lowest BCUT2D eigenvalue weighted by atomic mass is 10.1. The van der Waals surface area contributed by atoms with Crippen LogP contribution in [0.2, 0.25) is 0 Å². The number of carbonyl (C=O) groups excluding carboxylic acids is 1. The van der Waals surface area contributed by atoms with Crippen LogP contribution >= 0.6 is 0 Å². The lowest BCUT2D eigenvalue weighted by Crippen LogP contribution is -2.23. The summed E-state index contributed by atoms with van der Waals surface area (Å²) in [6, 6.07) is 17.5. The first kappa shape index (κ1) is 18.5. The van der Waals surface area contributed by atoms with Crippen LogP contribution in [0.25, 0.3) is 0 Å². The van der Waals surface area contributed by atoms with Gasteiger partial charge in [-0.2, -0.15) is 0 Å². The molecule has 3 rings (SSSR count). The normalized spacial score (nSPS) is 10.3. The molecule has 0 aliphatic heterocycles. The molecule has 1 heterocycles. The van der Waals surface area contributed by atoms with Crippen LogP contribution in [0.4, 0.5) is 11.4 Å². The molecule has 2 aromatic carbocycles. The Hall–Kier alpha value is -3.34. The Morgan fingerprint density at radius 1 is 1.00 bits per heavy atom. The molecule has 5 nitrogen and oxygen atoms in total. The topological polar surface area (TPSA) is 63.2 Å². The molecule has 5 heteroatoms.